The summed E-state index contributed by atoms with van der Waals surface area (Å²) in [6.07, 6.45) is 1.64. The van der Waals surface area contributed by atoms with Crippen molar-refractivity contribution >= 4 is 18.3 Å². The van der Waals surface area contributed by atoms with Crippen LogP contribution in [0.25, 0.3) is 0 Å². The molecule has 2 aromatic carbocycles. The third-order valence-electron chi connectivity index (χ3n) is 3.87. The highest BCUT2D eigenvalue weighted by Crippen LogP contribution is 2.03. The number of nitrogens with zero attached hydrogens (tertiary/aromatic N) is 1. The van der Waals surface area contributed by atoms with E-state index in [-0.39, 0.29) is 24.9 Å². The van der Waals surface area contributed by atoms with Gasteiger partial charge in [-0.2, -0.15) is 0 Å². The summed E-state index contributed by atoms with van der Waals surface area (Å²) in [5.74, 6) is 0.00411. The molecule has 0 atom stereocenters. The predicted molar refractivity (Wildman–Crippen MR) is 104 cm³/mol. The van der Waals surface area contributed by atoms with Crippen molar-refractivity contribution in [2.75, 3.05) is 32.8 Å². The van der Waals surface area contributed by atoms with E-state index in [1.165, 1.54) is 11.1 Å². The van der Waals surface area contributed by atoms with Crippen LogP contribution < -0.4 is 5.73 Å². The third kappa shape index (κ3) is 8.16. The van der Waals surface area contributed by atoms with Gasteiger partial charge in [0.05, 0.1) is 6.61 Å². The molecule has 5 heteroatoms. The average Bonchev–Trinajstić information content (AvgIpc) is 2.64. The van der Waals surface area contributed by atoms with Crippen molar-refractivity contribution in [3.05, 3.63) is 71.8 Å². The van der Waals surface area contributed by atoms with E-state index in [9.17, 15) is 4.79 Å². The third-order valence-corrected chi connectivity index (χ3v) is 3.87. The Balaban J connectivity index is 0.00000312. The van der Waals surface area contributed by atoms with Crippen LogP contribution in [0.5, 0.6) is 0 Å². The summed E-state index contributed by atoms with van der Waals surface area (Å²) in [6, 6.07) is 20.3. The lowest BCUT2D eigenvalue weighted by molar-refractivity contribution is -0.136. The van der Waals surface area contributed by atoms with Crippen molar-refractivity contribution in [2.24, 2.45) is 5.73 Å². The van der Waals surface area contributed by atoms with Gasteiger partial charge in [0.15, 0.2) is 0 Å². The Kier molecular flexibility index (Phi) is 10.6. The van der Waals surface area contributed by atoms with Gasteiger partial charge in [-0.25, -0.2) is 0 Å². The van der Waals surface area contributed by atoms with Gasteiger partial charge in [0.2, 0.25) is 5.91 Å². The lowest BCUT2D eigenvalue weighted by Gasteiger charge is -2.22. The maximum Gasteiger partial charge on any atom is 0.248 e. The first-order valence-electron chi connectivity index (χ1n) is 8.43. The molecule has 2 N–H and O–H groups in total. The molecule has 1 amide bonds. The molecule has 0 saturated carbocycles. The van der Waals surface area contributed by atoms with Crippen LogP contribution in [0.3, 0.4) is 0 Å². The van der Waals surface area contributed by atoms with Crippen molar-refractivity contribution in [1.29, 1.82) is 0 Å². The number of carbonyl (C=O) groups is 1. The second kappa shape index (κ2) is 12.5. The first kappa shape index (κ1) is 21.2. The van der Waals surface area contributed by atoms with E-state index < -0.39 is 0 Å². The van der Waals surface area contributed by atoms with E-state index in [1.807, 2.05) is 36.4 Å². The Morgan fingerprint density at radius 1 is 0.880 bits per heavy atom. The van der Waals surface area contributed by atoms with E-state index in [2.05, 4.69) is 24.3 Å². The number of hydrogen-bond donors (Lipinski definition) is 1. The number of amides is 1. The van der Waals surface area contributed by atoms with Crippen LogP contribution in [0.15, 0.2) is 60.7 Å². The molecule has 136 valence electrons. The van der Waals surface area contributed by atoms with Crippen LogP contribution in [-0.2, 0) is 22.4 Å². The molecule has 4 nitrogen and oxygen atoms in total. The first-order chi connectivity index (χ1) is 11.8. The number of benzene rings is 2. The number of ether oxygens (including phenoxy) is 1. The normalized spacial score (nSPS) is 10.1. The largest absolute Gasteiger partial charge is 0.371 e. The number of carbonyl (C=O) groups excluding carboxylic acids is 1. The SMILES string of the molecule is Cl.NCCN(CCc1ccccc1)C(=O)COCCc1ccccc1. The predicted octanol–water partition coefficient (Wildman–Crippen LogP) is 2.70. The average molecular weight is 363 g/mol. The molecule has 0 spiro atoms. The highest BCUT2D eigenvalue weighted by atomic mass is 35.5. The molecule has 0 saturated heterocycles. The van der Waals surface area contributed by atoms with Crippen LogP contribution in [0, 0.1) is 0 Å². The molecule has 0 fully saturated rings. The summed E-state index contributed by atoms with van der Waals surface area (Å²) in [4.78, 5) is 14.1. The van der Waals surface area contributed by atoms with Crippen molar-refractivity contribution < 1.29 is 9.53 Å². The quantitative estimate of drug-likeness (QED) is 0.661. The smallest absolute Gasteiger partial charge is 0.248 e. The van der Waals surface area contributed by atoms with Gasteiger partial charge in [-0.05, 0) is 24.0 Å². The second-order valence-electron chi connectivity index (χ2n) is 5.69. The lowest BCUT2D eigenvalue weighted by atomic mass is 10.1. The molecule has 0 unspecified atom stereocenters. The molecule has 2 aromatic rings. The zero-order valence-corrected chi connectivity index (χ0v) is 15.3. The van der Waals surface area contributed by atoms with E-state index in [0.717, 1.165) is 12.8 Å². The summed E-state index contributed by atoms with van der Waals surface area (Å²) in [5, 5.41) is 0. The van der Waals surface area contributed by atoms with Crippen LogP contribution in [0.1, 0.15) is 11.1 Å². The molecule has 25 heavy (non-hydrogen) atoms. The minimum absolute atomic E-state index is 0. The number of nitrogens with two attached hydrogens (primary N) is 1. The molecular formula is C20H27ClN2O2. The van der Waals surface area contributed by atoms with E-state index in [0.29, 0.717) is 26.2 Å². The molecule has 0 aromatic heterocycles. The zero-order valence-electron chi connectivity index (χ0n) is 14.5. The van der Waals surface area contributed by atoms with Crippen molar-refractivity contribution in [2.45, 2.75) is 12.8 Å². The molecular weight excluding hydrogens is 336 g/mol. The van der Waals surface area contributed by atoms with Crippen LogP contribution in [0.2, 0.25) is 0 Å². The molecule has 0 aliphatic rings. The van der Waals surface area contributed by atoms with Gasteiger partial charge in [-0.1, -0.05) is 60.7 Å². The molecule has 0 aliphatic heterocycles. The van der Waals surface area contributed by atoms with Crippen LogP contribution in [-0.4, -0.2) is 43.7 Å². The number of hydrogen-bond acceptors (Lipinski definition) is 3. The maximum atomic E-state index is 12.3. The summed E-state index contributed by atoms with van der Waals surface area (Å²) < 4.78 is 5.55. The fourth-order valence-corrected chi connectivity index (χ4v) is 2.51. The standard InChI is InChI=1S/C20H26N2O2.ClH/c21-13-15-22(14-11-18-7-3-1-4-8-18)20(23)17-24-16-12-19-9-5-2-6-10-19;/h1-10H,11-17,21H2;1H. The van der Waals surface area contributed by atoms with Gasteiger partial charge in [0.1, 0.15) is 6.61 Å². The topological polar surface area (TPSA) is 55.6 Å². The van der Waals surface area contributed by atoms with E-state index >= 15 is 0 Å². The zero-order chi connectivity index (χ0) is 17.0. The highest BCUT2D eigenvalue weighted by Gasteiger charge is 2.12. The fraction of sp³-hybridized carbons (Fsp3) is 0.350. The van der Waals surface area contributed by atoms with Crippen molar-refractivity contribution in [3.8, 4) is 0 Å². The Labute approximate surface area is 156 Å². The molecule has 0 bridgehead atoms. The second-order valence-corrected chi connectivity index (χ2v) is 5.69. The van der Waals surface area contributed by atoms with Gasteiger partial charge in [0.25, 0.3) is 0 Å². The number of rotatable bonds is 10. The summed E-state index contributed by atoms with van der Waals surface area (Å²) in [6.45, 7) is 2.35. The van der Waals surface area contributed by atoms with Gasteiger partial charge >= 0.3 is 0 Å². The Morgan fingerprint density at radius 3 is 2.00 bits per heavy atom. The Morgan fingerprint density at radius 2 is 1.44 bits per heavy atom. The molecule has 0 aliphatic carbocycles. The molecule has 2 rings (SSSR count). The maximum absolute atomic E-state index is 12.3. The Hall–Kier alpha value is -1.88. The van der Waals surface area contributed by atoms with Gasteiger partial charge < -0.3 is 15.4 Å². The number of halogens is 1. The highest BCUT2D eigenvalue weighted by molar-refractivity contribution is 5.85. The van der Waals surface area contributed by atoms with Gasteiger partial charge in [-0.3, -0.25) is 4.79 Å². The van der Waals surface area contributed by atoms with Crippen LogP contribution >= 0.6 is 12.4 Å². The van der Waals surface area contributed by atoms with Crippen molar-refractivity contribution in [3.63, 3.8) is 0 Å². The van der Waals surface area contributed by atoms with Crippen molar-refractivity contribution in [1.82, 2.24) is 4.90 Å². The van der Waals surface area contributed by atoms with E-state index in [4.69, 9.17) is 10.5 Å². The molecule has 0 radical (unpaired) electrons. The lowest BCUT2D eigenvalue weighted by Crippen LogP contribution is -2.39. The Bertz CT molecular complexity index is 593. The summed E-state index contributed by atoms with van der Waals surface area (Å²) in [5.41, 5.74) is 8.07. The van der Waals surface area contributed by atoms with Crippen LogP contribution in [0.4, 0.5) is 0 Å². The monoisotopic (exact) mass is 362 g/mol. The van der Waals surface area contributed by atoms with Gasteiger partial charge in [-0.15, -0.1) is 12.4 Å². The minimum Gasteiger partial charge on any atom is -0.371 e. The van der Waals surface area contributed by atoms with E-state index in [1.54, 1.807) is 4.90 Å². The minimum atomic E-state index is 0. The first-order valence-corrected chi connectivity index (χ1v) is 8.43. The van der Waals surface area contributed by atoms with Gasteiger partial charge in [0, 0.05) is 19.6 Å². The molecule has 0 heterocycles. The fourth-order valence-electron chi connectivity index (χ4n) is 2.51. The summed E-state index contributed by atoms with van der Waals surface area (Å²) in [7, 11) is 0. The summed E-state index contributed by atoms with van der Waals surface area (Å²) >= 11 is 0.